The van der Waals surface area contributed by atoms with Gasteiger partial charge in [-0.1, -0.05) is 0 Å². The summed E-state index contributed by atoms with van der Waals surface area (Å²) in [5.41, 5.74) is 1.13. The molecule has 0 spiro atoms. The number of ether oxygens (including phenoxy) is 1. The highest BCUT2D eigenvalue weighted by atomic mass is 16.5. The van der Waals surface area contributed by atoms with E-state index in [0.717, 1.165) is 5.75 Å². The average molecular weight is 257 g/mol. The molecular formula is C14H15N3O2. The highest BCUT2D eigenvalue weighted by molar-refractivity contribution is 6.03. The molecular weight excluding hydrogens is 242 g/mol. The predicted octanol–water partition coefficient (Wildman–Crippen LogP) is 2.44. The van der Waals surface area contributed by atoms with Gasteiger partial charge in [-0.25, -0.2) is 9.97 Å². The van der Waals surface area contributed by atoms with Gasteiger partial charge in [0, 0.05) is 18.1 Å². The second kappa shape index (κ2) is 5.95. The van der Waals surface area contributed by atoms with Crippen molar-refractivity contribution in [1.29, 1.82) is 0 Å². The Morgan fingerprint density at radius 2 is 1.84 bits per heavy atom. The zero-order valence-corrected chi connectivity index (χ0v) is 10.9. The summed E-state index contributed by atoms with van der Waals surface area (Å²) in [6.45, 7) is 4.31. The van der Waals surface area contributed by atoms with Crippen molar-refractivity contribution in [1.82, 2.24) is 9.97 Å². The topological polar surface area (TPSA) is 64.1 Å². The van der Waals surface area contributed by atoms with Gasteiger partial charge in [0.1, 0.15) is 11.6 Å². The summed E-state index contributed by atoms with van der Waals surface area (Å²) in [6, 6.07) is 7.20. The van der Waals surface area contributed by atoms with Crippen LogP contribution in [0.4, 0.5) is 5.69 Å². The van der Waals surface area contributed by atoms with Gasteiger partial charge in [0.05, 0.1) is 12.2 Å². The van der Waals surface area contributed by atoms with E-state index in [1.807, 2.05) is 19.1 Å². The molecule has 1 aromatic carbocycles. The number of carbonyl (C=O) groups excluding carboxylic acids is 1. The van der Waals surface area contributed by atoms with Crippen LogP contribution in [0.2, 0.25) is 0 Å². The van der Waals surface area contributed by atoms with E-state index in [2.05, 4.69) is 15.3 Å². The lowest BCUT2D eigenvalue weighted by molar-refractivity contribution is 0.102. The van der Waals surface area contributed by atoms with Crippen LogP contribution in [0.3, 0.4) is 0 Å². The van der Waals surface area contributed by atoms with Crippen LogP contribution >= 0.6 is 0 Å². The second-order valence-electron chi connectivity index (χ2n) is 3.93. The van der Waals surface area contributed by atoms with Crippen LogP contribution in [0.5, 0.6) is 5.75 Å². The van der Waals surface area contributed by atoms with E-state index in [9.17, 15) is 4.79 Å². The lowest BCUT2D eigenvalue weighted by atomic mass is 10.2. The Kier molecular flexibility index (Phi) is 4.07. The Morgan fingerprint density at radius 1 is 1.21 bits per heavy atom. The fraction of sp³-hybridized carbons (Fsp3) is 0.214. The van der Waals surface area contributed by atoms with Crippen LogP contribution < -0.4 is 10.1 Å². The van der Waals surface area contributed by atoms with Gasteiger partial charge in [-0.3, -0.25) is 4.79 Å². The molecule has 19 heavy (non-hydrogen) atoms. The van der Waals surface area contributed by atoms with Gasteiger partial charge in [-0.15, -0.1) is 0 Å². The predicted molar refractivity (Wildman–Crippen MR) is 72.3 cm³/mol. The van der Waals surface area contributed by atoms with E-state index in [0.29, 0.717) is 23.7 Å². The second-order valence-corrected chi connectivity index (χ2v) is 3.93. The molecule has 0 bridgehead atoms. The molecule has 0 aliphatic heterocycles. The van der Waals surface area contributed by atoms with E-state index in [1.54, 1.807) is 19.1 Å². The summed E-state index contributed by atoms with van der Waals surface area (Å²) in [7, 11) is 0. The van der Waals surface area contributed by atoms with Gasteiger partial charge in [0.2, 0.25) is 0 Å². The van der Waals surface area contributed by atoms with E-state index >= 15 is 0 Å². The quantitative estimate of drug-likeness (QED) is 0.913. The fourth-order valence-electron chi connectivity index (χ4n) is 1.51. The molecule has 1 N–H and O–H groups in total. The highest BCUT2D eigenvalue weighted by Gasteiger charge is 2.06. The fourth-order valence-corrected chi connectivity index (χ4v) is 1.51. The van der Waals surface area contributed by atoms with Crippen LogP contribution in [0.1, 0.15) is 23.1 Å². The van der Waals surface area contributed by atoms with Gasteiger partial charge in [0.15, 0.2) is 0 Å². The number of nitrogens with one attached hydrogen (secondary N) is 1. The number of rotatable bonds is 4. The molecule has 0 aliphatic carbocycles. The van der Waals surface area contributed by atoms with E-state index in [-0.39, 0.29) is 5.91 Å². The third kappa shape index (κ3) is 3.51. The number of aromatic nitrogens is 2. The summed E-state index contributed by atoms with van der Waals surface area (Å²) in [4.78, 5) is 19.9. The van der Waals surface area contributed by atoms with E-state index in [1.165, 1.54) is 12.4 Å². The summed E-state index contributed by atoms with van der Waals surface area (Å²) < 4.78 is 5.33. The minimum atomic E-state index is -0.232. The first-order valence-electron chi connectivity index (χ1n) is 6.02. The zero-order valence-electron chi connectivity index (χ0n) is 10.9. The number of nitrogens with zero attached hydrogens (tertiary/aromatic N) is 2. The third-order valence-corrected chi connectivity index (χ3v) is 2.47. The van der Waals surface area contributed by atoms with Crippen molar-refractivity contribution in [3.63, 3.8) is 0 Å². The molecule has 0 fully saturated rings. The maximum absolute atomic E-state index is 11.9. The first-order valence-corrected chi connectivity index (χ1v) is 6.02. The number of hydrogen-bond donors (Lipinski definition) is 1. The number of aryl methyl sites for hydroxylation is 1. The van der Waals surface area contributed by atoms with E-state index in [4.69, 9.17) is 4.74 Å². The first-order chi connectivity index (χ1) is 9.19. The molecule has 5 heteroatoms. The van der Waals surface area contributed by atoms with E-state index < -0.39 is 0 Å². The van der Waals surface area contributed by atoms with Crippen molar-refractivity contribution in [2.45, 2.75) is 13.8 Å². The SMILES string of the molecule is CCOc1ccc(NC(=O)c2cnc(C)nc2)cc1. The molecule has 5 nitrogen and oxygen atoms in total. The molecule has 0 saturated heterocycles. The Morgan fingerprint density at radius 3 is 2.42 bits per heavy atom. The molecule has 1 heterocycles. The van der Waals surface area contributed by atoms with Crippen LogP contribution in [0.15, 0.2) is 36.7 Å². The summed E-state index contributed by atoms with van der Waals surface area (Å²) in [5, 5.41) is 2.77. The third-order valence-electron chi connectivity index (χ3n) is 2.47. The molecule has 0 saturated carbocycles. The van der Waals surface area contributed by atoms with Gasteiger partial charge >= 0.3 is 0 Å². The Hall–Kier alpha value is -2.43. The molecule has 0 unspecified atom stereocenters. The average Bonchev–Trinajstić information content (AvgIpc) is 2.42. The maximum Gasteiger partial charge on any atom is 0.258 e. The minimum Gasteiger partial charge on any atom is -0.494 e. The van der Waals surface area contributed by atoms with Crippen molar-refractivity contribution in [2.75, 3.05) is 11.9 Å². The van der Waals surface area contributed by atoms with Gasteiger partial charge in [-0.2, -0.15) is 0 Å². The lowest BCUT2D eigenvalue weighted by Crippen LogP contribution is -2.12. The standard InChI is InChI=1S/C14H15N3O2/c1-3-19-13-6-4-12(5-7-13)17-14(18)11-8-15-10(2)16-9-11/h4-9H,3H2,1-2H3,(H,17,18). The monoisotopic (exact) mass is 257 g/mol. The normalized spacial score (nSPS) is 10.0. The van der Waals surface area contributed by atoms with Gasteiger partial charge in [0.25, 0.3) is 5.91 Å². The Labute approximate surface area is 111 Å². The smallest absolute Gasteiger partial charge is 0.258 e. The van der Waals surface area contributed by atoms with Gasteiger partial charge in [-0.05, 0) is 38.1 Å². The lowest BCUT2D eigenvalue weighted by Gasteiger charge is -2.06. The Bertz CT molecular complexity index is 550. The number of anilines is 1. The largest absolute Gasteiger partial charge is 0.494 e. The van der Waals surface area contributed by atoms with Crippen molar-refractivity contribution in [2.24, 2.45) is 0 Å². The number of carbonyl (C=O) groups is 1. The van der Waals surface area contributed by atoms with Crippen molar-refractivity contribution in [3.05, 3.63) is 48.0 Å². The van der Waals surface area contributed by atoms with Gasteiger partial charge < -0.3 is 10.1 Å². The molecule has 0 radical (unpaired) electrons. The molecule has 98 valence electrons. The first kappa shape index (κ1) is 13.0. The molecule has 0 atom stereocenters. The number of benzene rings is 1. The van der Waals surface area contributed by atoms with Crippen molar-refractivity contribution < 1.29 is 9.53 Å². The molecule has 1 aromatic heterocycles. The summed E-state index contributed by atoms with van der Waals surface area (Å²) in [5.74, 6) is 1.18. The van der Waals surface area contributed by atoms with Crippen LogP contribution in [-0.4, -0.2) is 22.5 Å². The molecule has 2 aromatic rings. The summed E-state index contributed by atoms with van der Waals surface area (Å²) in [6.07, 6.45) is 3.01. The van der Waals surface area contributed by atoms with Crippen LogP contribution in [-0.2, 0) is 0 Å². The molecule has 0 aliphatic rings. The highest BCUT2D eigenvalue weighted by Crippen LogP contribution is 2.16. The minimum absolute atomic E-state index is 0.232. The molecule has 2 rings (SSSR count). The van der Waals surface area contributed by atoms with Crippen molar-refractivity contribution in [3.8, 4) is 5.75 Å². The Balaban J connectivity index is 2.04. The summed E-state index contributed by atoms with van der Waals surface area (Å²) >= 11 is 0. The van der Waals surface area contributed by atoms with Crippen LogP contribution in [0, 0.1) is 6.92 Å². The number of amides is 1. The zero-order chi connectivity index (χ0) is 13.7. The molecule has 1 amide bonds. The van der Waals surface area contributed by atoms with Crippen molar-refractivity contribution >= 4 is 11.6 Å². The van der Waals surface area contributed by atoms with Crippen LogP contribution in [0.25, 0.3) is 0 Å². The number of hydrogen-bond acceptors (Lipinski definition) is 4. The maximum atomic E-state index is 11.9.